The number of aryl methyl sites for hydroxylation is 1. The Hall–Kier alpha value is -3.53. The molecule has 1 amide bonds. The van der Waals surface area contributed by atoms with Crippen molar-refractivity contribution in [1.29, 1.82) is 0 Å². The molecule has 0 atom stereocenters. The van der Waals surface area contributed by atoms with Gasteiger partial charge in [0.1, 0.15) is 17.1 Å². The second kappa shape index (κ2) is 7.38. The van der Waals surface area contributed by atoms with E-state index < -0.39 is 0 Å². The highest BCUT2D eigenvalue weighted by atomic mass is 16.5. The SMILES string of the molecule is Cc1c(C(=O)NCc2ccc(Oc3ccccc3)cc2)oc2ccccc12. The molecule has 0 saturated carbocycles. The minimum atomic E-state index is -0.215. The van der Waals surface area contributed by atoms with Crippen LogP contribution in [-0.2, 0) is 6.54 Å². The van der Waals surface area contributed by atoms with E-state index in [0.29, 0.717) is 12.3 Å². The van der Waals surface area contributed by atoms with E-state index in [1.165, 1.54) is 0 Å². The Balaban J connectivity index is 1.40. The highest BCUT2D eigenvalue weighted by molar-refractivity contribution is 5.98. The Labute approximate surface area is 157 Å². The smallest absolute Gasteiger partial charge is 0.287 e. The van der Waals surface area contributed by atoms with Gasteiger partial charge in [0.2, 0.25) is 0 Å². The third kappa shape index (κ3) is 3.70. The van der Waals surface area contributed by atoms with Crippen molar-refractivity contribution in [3.8, 4) is 11.5 Å². The highest BCUT2D eigenvalue weighted by Crippen LogP contribution is 2.25. The number of amides is 1. The number of carbonyl (C=O) groups is 1. The fraction of sp³-hybridized carbons (Fsp3) is 0.0870. The number of hydrogen-bond donors (Lipinski definition) is 1. The van der Waals surface area contributed by atoms with Gasteiger partial charge in [0.15, 0.2) is 5.76 Å². The lowest BCUT2D eigenvalue weighted by molar-refractivity contribution is 0.0924. The molecule has 0 unspecified atom stereocenters. The van der Waals surface area contributed by atoms with E-state index in [1.54, 1.807) is 0 Å². The maximum Gasteiger partial charge on any atom is 0.287 e. The zero-order chi connectivity index (χ0) is 18.6. The molecule has 0 spiro atoms. The summed E-state index contributed by atoms with van der Waals surface area (Å²) in [6.45, 7) is 2.32. The molecule has 27 heavy (non-hydrogen) atoms. The quantitative estimate of drug-likeness (QED) is 0.516. The maximum atomic E-state index is 12.5. The first-order valence-corrected chi connectivity index (χ1v) is 8.79. The molecule has 0 bridgehead atoms. The second-order valence-corrected chi connectivity index (χ2v) is 6.29. The fourth-order valence-corrected chi connectivity index (χ4v) is 2.95. The molecule has 0 aliphatic carbocycles. The minimum Gasteiger partial charge on any atom is -0.457 e. The number of ether oxygens (including phenoxy) is 1. The number of para-hydroxylation sites is 2. The predicted molar refractivity (Wildman–Crippen MR) is 105 cm³/mol. The normalized spacial score (nSPS) is 10.7. The van der Waals surface area contributed by atoms with Crippen molar-refractivity contribution < 1.29 is 13.9 Å². The first kappa shape index (κ1) is 16.9. The molecular formula is C23H19NO3. The number of fused-ring (bicyclic) bond motifs is 1. The van der Waals surface area contributed by atoms with Crippen LogP contribution in [0.4, 0.5) is 0 Å². The molecule has 1 aromatic heterocycles. The van der Waals surface area contributed by atoms with Crippen molar-refractivity contribution in [3.63, 3.8) is 0 Å². The van der Waals surface area contributed by atoms with E-state index in [-0.39, 0.29) is 5.91 Å². The number of carbonyl (C=O) groups excluding carboxylic acids is 1. The van der Waals surface area contributed by atoms with Crippen LogP contribution in [0.15, 0.2) is 83.3 Å². The van der Waals surface area contributed by atoms with Crippen LogP contribution < -0.4 is 10.1 Å². The molecule has 4 nitrogen and oxygen atoms in total. The summed E-state index contributed by atoms with van der Waals surface area (Å²) in [6.07, 6.45) is 0. The van der Waals surface area contributed by atoms with Gasteiger partial charge in [0, 0.05) is 17.5 Å². The van der Waals surface area contributed by atoms with Crippen molar-refractivity contribution in [1.82, 2.24) is 5.32 Å². The van der Waals surface area contributed by atoms with E-state index >= 15 is 0 Å². The summed E-state index contributed by atoms with van der Waals surface area (Å²) < 4.78 is 11.5. The maximum absolute atomic E-state index is 12.5. The summed E-state index contributed by atoms with van der Waals surface area (Å²) in [5.74, 6) is 1.69. The van der Waals surface area contributed by atoms with E-state index in [0.717, 1.165) is 33.6 Å². The van der Waals surface area contributed by atoms with Crippen LogP contribution in [0.5, 0.6) is 11.5 Å². The van der Waals surface area contributed by atoms with Crippen LogP contribution in [-0.4, -0.2) is 5.91 Å². The number of hydrogen-bond acceptors (Lipinski definition) is 3. The van der Waals surface area contributed by atoms with Crippen molar-refractivity contribution in [2.45, 2.75) is 13.5 Å². The lowest BCUT2D eigenvalue weighted by atomic mass is 10.1. The molecule has 4 aromatic rings. The molecule has 134 valence electrons. The van der Waals surface area contributed by atoms with Crippen molar-refractivity contribution >= 4 is 16.9 Å². The molecule has 0 saturated heterocycles. The van der Waals surface area contributed by atoms with Crippen LogP contribution in [0.3, 0.4) is 0 Å². The second-order valence-electron chi connectivity index (χ2n) is 6.29. The zero-order valence-corrected chi connectivity index (χ0v) is 14.9. The minimum absolute atomic E-state index is 0.215. The first-order chi connectivity index (χ1) is 13.2. The molecule has 4 rings (SSSR count). The van der Waals surface area contributed by atoms with Gasteiger partial charge in [-0.05, 0) is 42.8 Å². The number of benzene rings is 3. The fourth-order valence-electron chi connectivity index (χ4n) is 2.95. The first-order valence-electron chi connectivity index (χ1n) is 8.79. The van der Waals surface area contributed by atoms with Crippen molar-refractivity contribution in [2.24, 2.45) is 0 Å². The monoisotopic (exact) mass is 357 g/mol. The summed E-state index contributed by atoms with van der Waals surface area (Å²) in [4.78, 5) is 12.5. The van der Waals surface area contributed by atoms with Gasteiger partial charge in [-0.2, -0.15) is 0 Å². The summed E-state index contributed by atoms with van der Waals surface area (Å²) in [5, 5.41) is 3.88. The standard InChI is InChI=1S/C23H19NO3/c1-16-20-9-5-6-10-21(20)27-22(16)23(25)24-15-17-11-13-19(14-12-17)26-18-7-3-2-4-8-18/h2-14H,15H2,1H3,(H,24,25). The molecule has 0 aliphatic rings. The van der Waals surface area contributed by atoms with Crippen LogP contribution in [0.1, 0.15) is 21.7 Å². The lowest BCUT2D eigenvalue weighted by Gasteiger charge is -2.07. The Bertz CT molecular complexity index is 1070. The third-order valence-corrected chi connectivity index (χ3v) is 4.41. The van der Waals surface area contributed by atoms with Gasteiger partial charge in [-0.15, -0.1) is 0 Å². The Morgan fingerprint density at radius 1 is 0.889 bits per heavy atom. The van der Waals surface area contributed by atoms with Gasteiger partial charge in [-0.1, -0.05) is 48.5 Å². The van der Waals surface area contributed by atoms with Crippen LogP contribution in [0.2, 0.25) is 0 Å². The van der Waals surface area contributed by atoms with Crippen molar-refractivity contribution in [3.05, 3.63) is 95.7 Å². The largest absolute Gasteiger partial charge is 0.457 e. The van der Waals surface area contributed by atoms with Gasteiger partial charge in [-0.3, -0.25) is 4.79 Å². The zero-order valence-electron chi connectivity index (χ0n) is 14.9. The number of rotatable bonds is 5. The molecule has 4 heteroatoms. The Morgan fingerprint density at radius 2 is 1.56 bits per heavy atom. The van der Waals surface area contributed by atoms with Gasteiger partial charge in [0.25, 0.3) is 5.91 Å². The van der Waals surface area contributed by atoms with Gasteiger partial charge < -0.3 is 14.5 Å². The van der Waals surface area contributed by atoms with Gasteiger partial charge >= 0.3 is 0 Å². The van der Waals surface area contributed by atoms with Crippen LogP contribution >= 0.6 is 0 Å². The number of furan rings is 1. The summed E-state index contributed by atoms with van der Waals surface area (Å²) in [6, 6.07) is 24.9. The average molecular weight is 357 g/mol. The van der Waals surface area contributed by atoms with Gasteiger partial charge in [0.05, 0.1) is 0 Å². The molecule has 0 fully saturated rings. The van der Waals surface area contributed by atoms with E-state index in [1.807, 2.05) is 85.8 Å². The molecule has 1 heterocycles. The Morgan fingerprint density at radius 3 is 2.30 bits per heavy atom. The summed E-state index contributed by atoms with van der Waals surface area (Å²) >= 11 is 0. The van der Waals surface area contributed by atoms with E-state index in [9.17, 15) is 4.79 Å². The topological polar surface area (TPSA) is 51.5 Å². The van der Waals surface area contributed by atoms with Crippen molar-refractivity contribution in [2.75, 3.05) is 0 Å². The van der Waals surface area contributed by atoms with Crippen LogP contribution in [0.25, 0.3) is 11.0 Å². The summed E-state index contributed by atoms with van der Waals surface area (Å²) in [5.41, 5.74) is 2.56. The molecular weight excluding hydrogens is 338 g/mol. The predicted octanol–water partition coefficient (Wildman–Crippen LogP) is 5.46. The molecule has 3 aromatic carbocycles. The highest BCUT2D eigenvalue weighted by Gasteiger charge is 2.16. The molecule has 0 aliphatic heterocycles. The summed E-state index contributed by atoms with van der Waals surface area (Å²) in [7, 11) is 0. The third-order valence-electron chi connectivity index (χ3n) is 4.41. The molecule has 0 radical (unpaired) electrons. The number of nitrogens with one attached hydrogen (secondary N) is 1. The van der Waals surface area contributed by atoms with Crippen LogP contribution in [0, 0.1) is 6.92 Å². The molecule has 1 N–H and O–H groups in total. The van der Waals surface area contributed by atoms with E-state index in [2.05, 4.69) is 5.32 Å². The van der Waals surface area contributed by atoms with Gasteiger partial charge in [-0.25, -0.2) is 0 Å². The average Bonchev–Trinajstić information content (AvgIpc) is 3.05. The Kier molecular flexibility index (Phi) is 4.62. The van der Waals surface area contributed by atoms with E-state index in [4.69, 9.17) is 9.15 Å². The lowest BCUT2D eigenvalue weighted by Crippen LogP contribution is -2.22.